The molecule has 7 heteroatoms. The predicted octanol–water partition coefficient (Wildman–Crippen LogP) is 3.47. The van der Waals surface area contributed by atoms with E-state index in [0.717, 1.165) is 20.8 Å². The van der Waals surface area contributed by atoms with Crippen LogP contribution >= 0.6 is 34.4 Å². The van der Waals surface area contributed by atoms with Crippen molar-refractivity contribution in [2.45, 2.75) is 30.6 Å². The van der Waals surface area contributed by atoms with E-state index in [2.05, 4.69) is 16.9 Å². The summed E-state index contributed by atoms with van der Waals surface area (Å²) in [6, 6.07) is 0.00521. The minimum Gasteiger partial charge on any atom is -0.336 e. The lowest BCUT2D eigenvalue weighted by Gasteiger charge is -2.22. The minimum absolute atomic E-state index is 0.00521. The van der Waals surface area contributed by atoms with Crippen molar-refractivity contribution in [2.75, 3.05) is 12.8 Å². The number of aromatic nitrogens is 2. The zero-order chi connectivity index (χ0) is 14.5. The number of hydrogen-bond donors (Lipinski definition) is 0. The Morgan fingerprint density at radius 2 is 2.30 bits per heavy atom. The van der Waals surface area contributed by atoms with Crippen LogP contribution in [0.4, 0.5) is 0 Å². The Balaban J connectivity index is 1.96. The normalized spacial score (nSPS) is 12.3. The van der Waals surface area contributed by atoms with Crippen LogP contribution in [0.3, 0.4) is 0 Å². The van der Waals surface area contributed by atoms with Gasteiger partial charge in [0.05, 0.1) is 18.2 Å². The van der Waals surface area contributed by atoms with Crippen LogP contribution in [0.15, 0.2) is 21.3 Å². The number of likely N-dealkylation sites (N-methyl/N-ethyl adjacent to an activating group) is 1. The lowest BCUT2D eigenvalue weighted by molar-refractivity contribution is -0.131. The van der Waals surface area contributed by atoms with Crippen molar-refractivity contribution in [1.82, 2.24) is 14.9 Å². The summed E-state index contributed by atoms with van der Waals surface area (Å²) in [6.07, 6.45) is 2.12. The highest BCUT2D eigenvalue weighted by atomic mass is 32.2. The van der Waals surface area contributed by atoms with Gasteiger partial charge in [0.15, 0.2) is 0 Å². The van der Waals surface area contributed by atoms with Crippen molar-refractivity contribution in [3.05, 3.63) is 27.7 Å². The van der Waals surface area contributed by atoms with E-state index in [1.807, 2.05) is 24.7 Å². The Bertz CT molecular complexity index is 553. The standard InChI is InChI=1S/C13H17N3OS3/c1-4-18-13-15-10(8-20-13)7-11(17)16(3)9(2)12-14-5-6-19-12/h5-6,8-9H,4,7H2,1-3H3/t9-/m1/s1. The number of amides is 1. The molecule has 108 valence electrons. The molecule has 1 atom stereocenters. The number of thiazole rings is 2. The molecule has 0 spiro atoms. The molecule has 0 fully saturated rings. The molecule has 2 heterocycles. The smallest absolute Gasteiger partial charge is 0.228 e. The lowest BCUT2D eigenvalue weighted by Crippen LogP contribution is -2.31. The fourth-order valence-corrected chi connectivity index (χ4v) is 4.14. The van der Waals surface area contributed by atoms with E-state index in [1.165, 1.54) is 0 Å². The SMILES string of the molecule is CCSc1nc(CC(=O)N(C)[C@H](C)c2nccs2)cs1. The van der Waals surface area contributed by atoms with Crippen LogP contribution in [0.1, 0.15) is 30.6 Å². The summed E-state index contributed by atoms with van der Waals surface area (Å²) in [5, 5.41) is 4.86. The monoisotopic (exact) mass is 327 g/mol. The van der Waals surface area contributed by atoms with E-state index >= 15 is 0 Å². The van der Waals surface area contributed by atoms with Crippen LogP contribution in [0.2, 0.25) is 0 Å². The Kier molecular flexibility index (Phi) is 5.56. The largest absolute Gasteiger partial charge is 0.336 e. The average molecular weight is 328 g/mol. The third-order valence-corrected chi connectivity index (χ3v) is 5.81. The van der Waals surface area contributed by atoms with E-state index in [0.29, 0.717) is 6.42 Å². The van der Waals surface area contributed by atoms with Gasteiger partial charge < -0.3 is 4.90 Å². The Labute approximate surface area is 131 Å². The topological polar surface area (TPSA) is 46.1 Å². The molecule has 4 nitrogen and oxygen atoms in total. The van der Waals surface area contributed by atoms with Gasteiger partial charge in [-0.05, 0) is 12.7 Å². The fraction of sp³-hybridized carbons (Fsp3) is 0.462. The quantitative estimate of drug-likeness (QED) is 0.762. The first-order valence-corrected chi connectivity index (χ1v) is 9.08. The van der Waals surface area contributed by atoms with Crippen molar-refractivity contribution >= 4 is 40.3 Å². The first-order valence-electron chi connectivity index (χ1n) is 6.34. The molecule has 20 heavy (non-hydrogen) atoms. The van der Waals surface area contributed by atoms with Crippen LogP contribution in [0.5, 0.6) is 0 Å². The van der Waals surface area contributed by atoms with Crippen LogP contribution < -0.4 is 0 Å². The third kappa shape index (κ3) is 3.80. The molecule has 2 aromatic heterocycles. The van der Waals surface area contributed by atoms with Crippen molar-refractivity contribution in [1.29, 1.82) is 0 Å². The molecular weight excluding hydrogens is 310 g/mol. The Morgan fingerprint density at radius 3 is 2.95 bits per heavy atom. The molecule has 0 aromatic carbocycles. The van der Waals surface area contributed by atoms with Crippen molar-refractivity contribution < 1.29 is 4.79 Å². The van der Waals surface area contributed by atoms with E-state index in [4.69, 9.17) is 0 Å². The van der Waals surface area contributed by atoms with Gasteiger partial charge in [-0.25, -0.2) is 9.97 Å². The van der Waals surface area contributed by atoms with Crippen LogP contribution in [0.25, 0.3) is 0 Å². The Hall–Kier alpha value is -0.920. The first kappa shape index (κ1) is 15.5. The second-order valence-electron chi connectivity index (χ2n) is 4.27. The summed E-state index contributed by atoms with van der Waals surface area (Å²) in [7, 11) is 1.82. The molecule has 0 aliphatic carbocycles. The van der Waals surface area contributed by atoms with Gasteiger partial charge in [0, 0.05) is 24.0 Å². The molecule has 0 N–H and O–H groups in total. The van der Waals surface area contributed by atoms with E-state index in [1.54, 1.807) is 45.5 Å². The van der Waals surface area contributed by atoms with Gasteiger partial charge in [0.1, 0.15) is 9.35 Å². The molecule has 0 saturated carbocycles. The first-order chi connectivity index (χ1) is 9.61. The maximum absolute atomic E-state index is 12.3. The zero-order valence-electron chi connectivity index (χ0n) is 11.7. The number of thioether (sulfide) groups is 1. The minimum atomic E-state index is 0.00521. The average Bonchev–Trinajstić information content (AvgIpc) is 3.09. The summed E-state index contributed by atoms with van der Waals surface area (Å²) in [4.78, 5) is 22.7. The maximum atomic E-state index is 12.3. The van der Waals surface area contributed by atoms with Gasteiger partial charge in [0.25, 0.3) is 0 Å². The molecule has 0 aliphatic heterocycles. The summed E-state index contributed by atoms with van der Waals surface area (Å²) in [5.41, 5.74) is 0.856. The number of nitrogens with zero attached hydrogens (tertiary/aromatic N) is 3. The molecular formula is C13H17N3OS3. The number of rotatable bonds is 6. The maximum Gasteiger partial charge on any atom is 0.228 e. The van der Waals surface area contributed by atoms with Crippen LogP contribution in [0, 0.1) is 0 Å². The Morgan fingerprint density at radius 1 is 1.50 bits per heavy atom. The highest BCUT2D eigenvalue weighted by molar-refractivity contribution is 8.00. The van der Waals surface area contributed by atoms with Gasteiger partial charge in [-0.1, -0.05) is 18.7 Å². The second kappa shape index (κ2) is 7.19. The summed E-state index contributed by atoms with van der Waals surface area (Å²) in [6.45, 7) is 4.09. The van der Waals surface area contributed by atoms with E-state index < -0.39 is 0 Å². The van der Waals surface area contributed by atoms with E-state index in [9.17, 15) is 4.79 Å². The van der Waals surface area contributed by atoms with Crippen LogP contribution in [-0.4, -0.2) is 33.6 Å². The van der Waals surface area contributed by atoms with Crippen LogP contribution in [-0.2, 0) is 11.2 Å². The van der Waals surface area contributed by atoms with Gasteiger partial charge in [-0.15, -0.1) is 22.7 Å². The fourth-order valence-electron chi connectivity index (χ4n) is 1.66. The van der Waals surface area contributed by atoms with Gasteiger partial charge in [-0.2, -0.15) is 0 Å². The van der Waals surface area contributed by atoms with Crippen molar-refractivity contribution in [2.24, 2.45) is 0 Å². The molecule has 0 bridgehead atoms. The highest BCUT2D eigenvalue weighted by Gasteiger charge is 2.20. The summed E-state index contributed by atoms with van der Waals surface area (Å²) < 4.78 is 1.03. The van der Waals surface area contributed by atoms with Crippen molar-refractivity contribution in [3.63, 3.8) is 0 Å². The molecule has 0 aliphatic rings. The van der Waals surface area contributed by atoms with Gasteiger partial charge >= 0.3 is 0 Å². The molecule has 2 aromatic rings. The molecule has 0 saturated heterocycles. The summed E-state index contributed by atoms with van der Waals surface area (Å²) in [5.74, 6) is 1.08. The lowest BCUT2D eigenvalue weighted by atomic mass is 10.2. The van der Waals surface area contributed by atoms with Gasteiger partial charge in [0.2, 0.25) is 5.91 Å². The molecule has 0 unspecified atom stereocenters. The van der Waals surface area contributed by atoms with E-state index in [-0.39, 0.29) is 11.9 Å². The van der Waals surface area contributed by atoms with Gasteiger partial charge in [-0.3, -0.25) is 4.79 Å². The third-order valence-electron chi connectivity index (χ3n) is 2.91. The zero-order valence-corrected chi connectivity index (χ0v) is 14.1. The number of carbonyl (C=O) groups excluding carboxylic acids is 1. The predicted molar refractivity (Wildman–Crippen MR) is 85.5 cm³/mol. The number of carbonyl (C=O) groups is 1. The summed E-state index contributed by atoms with van der Waals surface area (Å²) >= 11 is 4.89. The van der Waals surface area contributed by atoms with Crippen molar-refractivity contribution in [3.8, 4) is 0 Å². The highest BCUT2D eigenvalue weighted by Crippen LogP contribution is 2.24. The molecule has 1 amide bonds. The number of hydrogen-bond acceptors (Lipinski definition) is 6. The molecule has 2 rings (SSSR count). The molecule has 0 radical (unpaired) electrons. The second-order valence-corrected chi connectivity index (χ2v) is 7.56.